The molecule has 12 nitrogen and oxygen atoms in total. The van der Waals surface area contributed by atoms with E-state index in [9.17, 15) is 30.0 Å². The summed E-state index contributed by atoms with van der Waals surface area (Å²) in [6.07, 6.45) is 0.672. The van der Waals surface area contributed by atoms with E-state index in [2.05, 4.69) is 37.5 Å². The third kappa shape index (κ3) is 8.31. The molecule has 2 aromatic rings. The van der Waals surface area contributed by atoms with Gasteiger partial charge < -0.3 is 39.7 Å². The molecule has 0 saturated carbocycles. The van der Waals surface area contributed by atoms with Gasteiger partial charge in [0.05, 0.1) is 0 Å². The van der Waals surface area contributed by atoms with E-state index in [0.717, 1.165) is 22.3 Å². The Hall–Kier alpha value is -3.90. The van der Waals surface area contributed by atoms with E-state index in [1.165, 1.54) is 0 Å². The number of benzene rings is 2. The Labute approximate surface area is 328 Å². The van der Waals surface area contributed by atoms with Crippen molar-refractivity contribution in [1.82, 2.24) is 19.6 Å². The van der Waals surface area contributed by atoms with E-state index in [1.54, 1.807) is 21.9 Å². The van der Waals surface area contributed by atoms with Gasteiger partial charge in [0.15, 0.2) is 23.0 Å². The van der Waals surface area contributed by atoms with Crippen LogP contribution in [0.2, 0.25) is 0 Å². The van der Waals surface area contributed by atoms with Crippen LogP contribution in [-0.2, 0) is 38.8 Å². The molecule has 4 N–H and O–H groups in total. The van der Waals surface area contributed by atoms with Crippen LogP contribution in [0.3, 0.4) is 0 Å². The summed E-state index contributed by atoms with van der Waals surface area (Å²) in [7, 11) is 0. The fourth-order valence-corrected chi connectivity index (χ4v) is 9.41. The average Bonchev–Trinajstić information content (AvgIpc) is 3.43. The van der Waals surface area contributed by atoms with Crippen LogP contribution in [0.25, 0.3) is 0 Å². The molecular formula is C43H66N4O8. The Balaban J connectivity index is 0.00000285. The molecule has 0 atom stereocenters. The second-order valence-corrected chi connectivity index (χ2v) is 19.0. The molecular weight excluding hydrogens is 700 g/mol. The van der Waals surface area contributed by atoms with Crippen molar-refractivity contribution in [2.45, 2.75) is 136 Å². The summed E-state index contributed by atoms with van der Waals surface area (Å²) in [5, 5.41) is 45.8. The molecule has 6 rings (SSSR count). The standard InChI is InChI=1S/C41H60N4O8.C2H6/c1-37(2,3)52-35(50)44-15-11-42(12-16-44)21-25-31-27(19-29(46)33(25)48)39(7,8)23-41(31)24-40(9,10)28-20-30(47)34(49)26(32(28)41)22-43-13-17-45(18-14-43)36(51)53-38(4,5)6;1-2/h19-20,46-49H,11-18,21-24H2,1-10H3;1-2H3. The maximum atomic E-state index is 12.8. The monoisotopic (exact) mass is 766 g/mol. The summed E-state index contributed by atoms with van der Waals surface area (Å²) in [6, 6.07) is 3.42. The maximum Gasteiger partial charge on any atom is 0.410 e. The van der Waals surface area contributed by atoms with Crippen molar-refractivity contribution in [3.8, 4) is 23.0 Å². The lowest BCUT2D eigenvalue weighted by Gasteiger charge is -2.38. The highest BCUT2D eigenvalue weighted by molar-refractivity contribution is 5.71. The van der Waals surface area contributed by atoms with Crippen molar-refractivity contribution in [2.24, 2.45) is 0 Å². The molecule has 0 bridgehead atoms. The molecule has 2 heterocycles. The number of phenolic OH excluding ortho intramolecular Hbond substituents is 4. The molecule has 4 aliphatic rings. The van der Waals surface area contributed by atoms with Crippen LogP contribution in [0.5, 0.6) is 23.0 Å². The SMILES string of the molecule is CC.CC(C)(C)OC(=O)N1CCN(Cc2c(O)c(O)cc3c2C2(CC3(C)C)CC(C)(C)c3cc(O)c(O)c(CN4CCN(C(=O)OC(C)(C)C)CC4)c32)CC1. The van der Waals surface area contributed by atoms with Gasteiger partial charge in [-0.1, -0.05) is 41.5 Å². The van der Waals surface area contributed by atoms with Gasteiger partial charge in [0.25, 0.3) is 0 Å². The number of fused-ring (bicyclic) bond motifs is 4. The Morgan fingerprint density at radius 1 is 0.600 bits per heavy atom. The normalized spacial score (nSPS) is 20.4. The molecule has 12 heteroatoms. The van der Waals surface area contributed by atoms with Gasteiger partial charge in [0.1, 0.15) is 11.2 Å². The van der Waals surface area contributed by atoms with E-state index >= 15 is 0 Å². The Kier molecular flexibility index (Phi) is 11.4. The topological polar surface area (TPSA) is 146 Å². The molecule has 2 fully saturated rings. The molecule has 0 aromatic heterocycles. The Bertz CT molecular complexity index is 1640. The number of aromatic hydroxyl groups is 4. The minimum Gasteiger partial charge on any atom is -0.504 e. The zero-order valence-electron chi connectivity index (χ0n) is 35.4. The van der Waals surface area contributed by atoms with Crippen molar-refractivity contribution in [3.63, 3.8) is 0 Å². The van der Waals surface area contributed by atoms with Crippen molar-refractivity contribution in [2.75, 3.05) is 52.4 Å². The zero-order valence-corrected chi connectivity index (χ0v) is 35.4. The Morgan fingerprint density at radius 3 is 1.20 bits per heavy atom. The molecule has 2 aliphatic carbocycles. The molecule has 2 aromatic carbocycles. The third-order valence-electron chi connectivity index (χ3n) is 11.5. The molecule has 1 spiro atoms. The maximum absolute atomic E-state index is 12.8. The molecule has 0 radical (unpaired) electrons. The number of hydrogen-bond donors (Lipinski definition) is 4. The molecule has 306 valence electrons. The number of rotatable bonds is 4. The van der Waals surface area contributed by atoms with E-state index < -0.39 is 27.4 Å². The highest BCUT2D eigenvalue weighted by Gasteiger charge is 2.59. The first-order chi connectivity index (χ1) is 25.4. The number of carbonyl (C=O) groups excluding carboxylic acids is 2. The minimum atomic E-state index is -0.643. The molecule has 2 saturated heterocycles. The average molecular weight is 767 g/mol. The van der Waals surface area contributed by atoms with E-state index in [-0.39, 0.29) is 35.2 Å². The predicted octanol–water partition coefficient (Wildman–Crippen LogP) is 7.29. The van der Waals surface area contributed by atoms with Gasteiger partial charge in [0, 0.05) is 82.0 Å². The fraction of sp³-hybridized carbons (Fsp3) is 0.674. The van der Waals surface area contributed by atoms with Crippen LogP contribution in [0.1, 0.15) is 129 Å². The molecule has 55 heavy (non-hydrogen) atoms. The Morgan fingerprint density at radius 2 is 0.909 bits per heavy atom. The number of phenols is 4. The number of nitrogens with zero attached hydrogens (tertiary/aromatic N) is 4. The predicted molar refractivity (Wildman–Crippen MR) is 213 cm³/mol. The van der Waals surface area contributed by atoms with Crippen molar-refractivity contribution in [3.05, 3.63) is 45.5 Å². The first kappa shape index (κ1) is 42.2. The smallest absolute Gasteiger partial charge is 0.410 e. The van der Waals surface area contributed by atoms with Gasteiger partial charge in [-0.05, 0) is 99.6 Å². The van der Waals surface area contributed by atoms with Gasteiger partial charge in [-0.2, -0.15) is 0 Å². The third-order valence-corrected chi connectivity index (χ3v) is 11.5. The van der Waals surface area contributed by atoms with Gasteiger partial charge in [-0.3, -0.25) is 9.80 Å². The molecule has 0 unspecified atom stereocenters. The summed E-state index contributed by atoms with van der Waals surface area (Å²) < 4.78 is 11.2. The molecule has 2 aliphatic heterocycles. The van der Waals surface area contributed by atoms with Crippen molar-refractivity contribution in [1.29, 1.82) is 0 Å². The van der Waals surface area contributed by atoms with Crippen LogP contribution >= 0.6 is 0 Å². The van der Waals surface area contributed by atoms with Crippen molar-refractivity contribution >= 4 is 12.2 Å². The summed E-state index contributed by atoms with van der Waals surface area (Å²) in [6.45, 7) is 28.7. The number of amides is 2. The number of ether oxygens (including phenoxy) is 2. The van der Waals surface area contributed by atoms with E-state index in [1.807, 2.05) is 55.4 Å². The fourth-order valence-electron chi connectivity index (χ4n) is 9.41. The van der Waals surface area contributed by atoms with Gasteiger partial charge >= 0.3 is 12.2 Å². The molecule has 2 amide bonds. The van der Waals surface area contributed by atoms with Crippen LogP contribution in [-0.4, -0.2) is 116 Å². The van der Waals surface area contributed by atoms with Crippen LogP contribution in [0.15, 0.2) is 12.1 Å². The van der Waals surface area contributed by atoms with Gasteiger partial charge in [-0.25, -0.2) is 9.59 Å². The minimum absolute atomic E-state index is 0.149. The largest absolute Gasteiger partial charge is 0.504 e. The summed E-state index contributed by atoms with van der Waals surface area (Å²) in [4.78, 5) is 33.5. The van der Waals surface area contributed by atoms with Gasteiger partial charge in [0.2, 0.25) is 0 Å². The van der Waals surface area contributed by atoms with E-state index in [4.69, 9.17) is 9.47 Å². The highest BCUT2D eigenvalue weighted by Crippen LogP contribution is 2.67. The summed E-state index contributed by atoms with van der Waals surface area (Å²) in [5.41, 5.74) is 2.56. The van der Waals surface area contributed by atoms with E-state index in [0.29, 0.717) is 89.4 Å². The van der Waals surface area contributed by atoms with Crippen LogP contribution in [0.4, 0.5) is 9.59 Å². The first-order valence-electron chi connectivity index (χ1n) is 20.0. The zero-order chi connectivity index (χ0) is 41.1. The quantitative estimate of drug-likeness (QED) is 0.234. The van der Waals surface area contributed by atoms with Gasteiger partial charge in [-0.15, -0.1) is 0 Å². The summed E-state index contributed by atoms with van der Waals surface area (Å²) in [5.74, 6) is -0.621. The second kappa shape index (κ2) is 14.9. The number of carbonyl (C=O) groups is 2. The number of piperazine rings is 2. The van der Waals surface area contributed by atoms with Crippen LogP contribution in [0, 0.1) is 0 Å². The van der Waals surface area contributed by atoms with Crippen LogP contribution < -0.4 is 0 Å². The first-order valence-corrected chi connectivity index (χ1v) is 20.0. The van der Waals surface area contributed by atoms with Crippen molar-refractivity contribution < 1.29 is 39.5 Å². The summed E-state index contributed by atoms with van der Waals surface area (Å²) >= 11 is 0. The lowest BCUT2D eigenvalue weighted by Crippen LogP contribution is -2.49. The lowest BCUT2D eigenvalue weighted by atomic mass is 9.70. The lowest BCUT2D eigenvalue weighted by molar-refractivity contribution is 0.0129. The highest BCUT2D eigenvalue weighted by atomic mass is 16.6. The second-order valence-electron chi connectivity index (χ2n) is 19.0. The number of hydrogen-bond acceptors (Lipinski definition) is 10.